The number of carbonyl (C=O) groups excluding carboxylic acids is 2. The molecule has 3 aromatic carbocycles. The largest absolute Gasteiger partial charge is 0.361 e. The maximum absolute atomic E-state index is 13.9. The number of hydrogen-bond donors (Lipinski definition) is 2. The lowest BCUT2D eigenvalue weighted by Gasteiger charge is -2.33. The molecule has 0 saturated heterocycles. The highest BCUT2D eigenvalue weighted by Crippen LogP contribution is 2.39. The number of benzene rings is 3. The van der Waals surface area contributed by atoms with Gasteiger partial charge in [-0.1, -0.05) is 60.7 Å². The molecular formula is C29H29N3O2. The molecule has 4 aromatic rings. The van der Waals surface area contributed by atoms with Gasteiger partial charge in [0.15, 0.2) is 0 Å². The molecule has 5 rings (SSSR count). The number of aromatic amines is 1. The molecule has 1 aliphatic rings. The monoisotopic (exact) mass is 451 g/mol. The molecule has 0 saturated carbocycles. The van der Waals surface area contributed by atoms with Crippen LogP contribution in [0.1, 0.15) is 48.3 Å². The fourth-order valence-corrected chi connectivity index (χ4v) is 4.86. The quantitative estimate of drug-likeness (QED) is 0.431. The topological polar surface area (TPSA) is 65.2 Å². The predicted octanol–water partition coefficient (Wildman–Crippen LogP) is 5.49. The molecule has 1 aliphatic heterocycles. The first kappa shape index (κ1) is 22.0. The molecule has 0 spiro atoms. The molecule has 2 N–H and O–H groups in total. The average molecular weight is 452 g/mol. The molecule has 0 aliphatic carbocycles. The Hall–Kier alpha value is -3.86. The Bertz CT molecular complexity index is 1380. The molecule has 0 bridgehead atoms. The Balaban J connectivity index is 1.61. The second kappa shape index (κ2) is 8.49. The van der Waals surface area contributed by atoms with Crippen molar-refractivity contribution in [2.45, 2.75) is 38.8 Å². The molecule has 2 amide bonds. The number of rotatable bonds is 4. The number of hydrogen-bond acceptors (Lipinski definition) is 2. The molecule has 0 fully saturated rings. The Kier molecular flexibility index (Phi) is 5.48. The third-order valence-corrected chi connectivity index (χ3v) is 6.32. The van der Waals surface area contributed by atoms with Crippen LogP contribution in [0.3, 0.4) is 0 Å². The minimum atomic E-state index is -0.722. The highest BCUT2D eigenvalue weighted by atomic mass is 16.2. The van der Waals surface area contributed by atoms with Crippen molar-refractivity contribution in [2.75, 3.05) is 6.54 Å². The number of aromatic nitrogens is 1. The van der Waals surface area contributed by atoms with Crippen molar-refractivity contribution < 1.29 is 9.59 Å². The molecular weight excluding hydrogens is 422 g/mol. The van der Waals surface area contributed by atoms with Crippen LogP contribution in [0.25, 0.3) is 22.0 Å². The van der Waals surface area contributed by atoms with E-state index >= 15 is 0 Å². The van der Waals surface area contributed by atoms with E-state index in [1.54, 1.807) is 4.90 Å². The van der Waals surface area contributed by atoms with Gasteiger partial charge in [-0.2, -0.15) is 0 Å². The van der Waals surface area contributed by atoms with Crippen molar-refractivity contribution in [2.24, 2.45) is 0 Å². The zero-order valence-corrected chi connectivity index (χ0v) is 19.8. The molecule has 1 aromatic heterocycles. The molecule has 34 heavy (non-hydrogen) atoms. The smallest absolute Gasteiger partial charge is 0.255 e. The van der Waals surface area contributed by atoms with Crippen molar-refractivity contribution in [3.8, 4) is 11.1 Å². The van der Waals surface area contributed by atoms with Crippen LogP contribution < -0.4 is 5.32 Å². The van der Waals surface area contributed by atoms with E-state index in [-0.39, 0.29) is 11.8 Å². The summed E-state index contributed by atoms with van der Waals surface area (Å²) >= 11 is 0. The van der Waals surface area contributed by atoms with E-state index in [9.17, 15) is 9.59 Å². The normalized spacial score (nSPS) is 15.6. The predicted molar refractivity (Wildman–Crippen MR) is 136 cm³/mol. The minimum absolute atomic E-state index is 0.124. The van der Waals surface area contributed by atoms with E-state index in [1.165, 1.54) is 0 Å². The van der Waals surface area contributed by atoms with Gasteiger partial charge >= 0.3 is 0 Å². The van der Waals surface area contributed by atoms with Gasteiger partial charge in [0, 0.05) is 34.7 Å². The lowest BCUT2D eigenvalue weighted by atomic mass is 9.93. The van der Waals surface area contributed by atoms with Crippen LogP contribution >= 0.6 is 0 Å². The maximum Gasteiger partial charge on any atom is 0.255 e. The van der Waals surface area contributed by atoms with Gasteiger partial charge in [-0.15, -0.1) is 0 Å². The summed E-state index contributed by atoms with van der Waals surface area (Å²) in [4.78, 5) is 32.7. The molecule has 1 atom stereocenters. The first-order valence-corrected chi connectivity index (χ1v) is 11.7. The summed E-state index contributed by atoms with van der Waals surface area (Å²) in [5, 5.41) is 4.26. The summed E-state index contributed by atoms with van der Waals surface area (Å²) in [5.74, 6) is -0.291. The first-order valence-electron chi connectivity index (χ1n) is 11.7. The standard InChI is InChI=1S/C29H29N3O2/c1-29(2,3)31-27(33)26-23-13-6-4-11-21(23)22-12-5-7-14-24(22)28(34)32(26)17-16-19-18-30-25-15-9-8-10-20(19)25/h4-15,18,26,30H,16-17H2,1-3H3,(H,31,33). The first-order chi connectivity index (χ1) is 16.3. The third kappa shape index (κ3) is 3.98. The Morgan fingerprint density at radius 1 is 0.912 bits per heavy atom. The number of nitrogens with one attached hydrogen (secondary N) is 2. The molecule has 2 heterocycles. The maximum atomic E-state index is 13.9. The molecule has 1 unspecified atom stereocenters. The second-order valence-electron chi connectivity index (χ2n) is 9.88. The van der Waals surface area contributed by atoms with Gasteiger partial charge < -0.3 is 15.2 Å². The van der Waals surface area contributed by atoms with Gasteiger partial charge in [0.2, 0.25) is 5.91 Å². The number of para-hydroxylation sites is 1. The van der Waals surface area contributed by atoms with Crippen molar-refractivity contribution in [3.63, 3.8) is 0 Å². The Morgan fingerprint density at radius 2 is 1.56 bits per heavy atom. The molecule has 0 radical (unpaired) electrons. The van der Waals surface area contributed by atoms with Gasteiger partial charge in [-0.3, -0.25) is 9.59 Å². The van der Waals surface area contributed by atoms with E-state index in [0.717, 1.165) is 33.2 Å². The van der Waals surface area contributed by atoms with Crippen molar-refractivity contribution >= 4 is 22.7 Å². The Labute approximate surface area is 199 Å². The minimum Gasteiger partial charge on any atom is -0.361 e. The summed E-state index contributed by atoms with van der Waals surface area (Å²) in [6.07, 6.45) is 2.64. The van der Waals surface area contributed by atoms with Crippen LogP contribution in [-0.2, 0) is 11.2 Å². The van der Waals surface area contributed by atoms with Gasteiger partial charge in [0.1, 0.15) is 6.04 Å². The van der Waals surface area contributed by atoms with Gasteiger partial charge in [-0.05, 0) is 61.6 Å². The molecule has 172 valence electrons. The van der Waals surface area contributed by atoms with Crippen LogP contribution in [0, 0.1) is 0 Å². The number of nitrogens with zero attached hydrogens (tertiary/aromatic N) is 1. The lowest BCUT2D eigenvalue weighted by molar-refractivity contribution is -0.127. The van der Waals surface area contributed by atoms with E-state index in [2.05, 4.69) is 16.4 Å². The number of carbonyl (C=O) groups is 2. The summed E-state index contributed by atoms with van der Waals surface area (Å²) in [6, 6.07) is 22.9. The fraction of sp³-hybridized carbons (Fsp3) is 0.241. The van der Waals surface area contributed by atoms with E-state index in [1.807, 2.05) is 93.7 Å². The SMILES string of the molecule is CC(C)(C)NC(=O)C1c2ccccc2-c2ccccc2C(=O)N1CCc1c[nH]c2ccccc12. The van der Waals surface area contributed by atoms with Crippen LogP contribution in [0.2, 0.25) is 0 Å². The number of H-pyrrole nitrogens is 1. The van der Waals surface area contributed by atoms with Crippen LogP contribution in [-0.4, -0.2) is 33.8 Å². The molecule has 5 nitrogen and oxygen atoms in total. The van der Waals surface area contributed by atoms with Crippen LogP contribution in [0.15, 0.2) is 79.0 Å². The Morgan fingerprint density at radius 3 is 2.32 bits per heavy atom. The third-order valence-electron chi connectivity index (χ3n) is 6.32. The van der Waals surface area contributed by atoms with Crippen molar-refractivity contribution in [3.05, 3.63) is 95.7 Å². The van der Waals surface area contributed by atoms with Crippen molar-refractivity contribution in [1.82, 2.24) is 15.2 Å². The van der Waals surface area contributed by atoms with Crippen molar-refractivity contribution in [1.29, 1.82) is 0 Å². The lowest BCUT2D eigenvalue weighted by Crippen LogP contribution is -2.49. The van der Waals surface area contributed by atoms with Gasteiger partial charge in [-0.25, -0.2) is 0 Å². The zero-order valence-electron chi connectivity index (χ0n) is 19.8. The highest BCUT2D eigenvalue weighted by molar-refractivity contribution is 6.06. The van der Waals surface area contributed by atoms with Crippen LogP contribution in [0.4, 0.5) is 0 Å². The summed E-state index contributed by atoms with van der Waals surface area (Å²) in [5.41, 5.74) is 5.04. The summed E-state index contributed by atoms with van der Waals surface area (Å²) in [7, 11) is 0. The van der Waals surface area contributed by atoms with E-state index < -0.39 is 11.6 Å². The van der Waals surface area contributed by atoms with Gasteiger partial charge in [0.25, 0.3) is 5.91 Å². The second-order valence-corrected chi connectivity index (χ2v) is 9.88. The average Bonchev–Trinajstić information content (AvgIpc) is 3.19. The number of amides is 2. The highest BCUT2D eigenvalue weighted by Gasteiger charge is 2.38. The van der Waals surface area contributed by atoms with E-state index in [0.29, 0.717) is 18.5 Å². The van der Waals surface area contributed by atoms with Gasteiger partial charge in [0.05, 0.1) is 0 Å². The number of fused-ring (bicyclic) bond motifs is 4. The molecule has 5 heteroatoms. The van der Waals surface area contributed by atoms with Crippen LogP contribution in [0.5, 0.6) is 0 Å². The summed E-state index contributed by atoms with van der Waals surface area (Å²) < 4.78 is 0. The summed E-state index contributed by atoms with van der Waals surface area (Å²) in [6.45, 7) is 6.30. The van der Waals surface area contributed by atoms with E-state index in [4.69, 9.17) is 0 Å². The zero-order chi connectivity index (χ0) is 23.9. The fourth-order valence-electron chi connectivity index (χ4n) is 4.86.